The number of aryl methyl sites for hydroxylation is 2. The molecule has 0 radical (unpaired) electrons. The van der Waals surface area contributed by atoms with Crippen molar-refractivity contribution in [3.05, 3.63) is 161 Å². The number of amides is 1. The standard InChI is InChI=1S/C43H42FN3O4/c1-32-27-37(28-33(2)43(32)51-41-20-19-40(29-45-41)50-31-36-14-17-38(44)18-15-36)16-21-42(48)47-24-22-46(23-25-47)30-35-12-10-34(11-13-35)7-6-26-49-39-8-4-3-5-9-39/h3-21,27-29H,22-26,30-31H2,1-2H3/b7-6+,21-16+. The fourth-order valence-corrected chi connectivity index (χ4v) is 5.84. The van der Waals surface area contributed by atoms with E-state index >= 15 is 0 Å². The highest BCUT2D eigenvalue weighted by molar-refractivity contribution is 5.92. The molecule has 0 atom stereocenters. The van der Waals surface area contributed by atoms with Gasteiger partial charge in [-0.1, -0.05) is 60.7 Å². The summed E-state index contributed by atoms with van der Waals surface area (Å²) in [5.74, 6) is 2.36. The predicted octanol–water partition coefficient (Wildman–Crippen LogP) is 8.66. The maximum Gasteiger partial charge on any atom is 0.246 e. The summed E-state index contributed by atoms with van der Waals surface area (Å²) in [5, 5.41) is 0. The minimum absolute atomic E-state index is 0.0172. The molecule has 1 saturated heterocycles. The first-order valence-electron chi connectivity index (χ1n) is 17.1. The maximum atomic E-state index is 13.1. The van der Waals surface area contributed by atoms with Crippen LogP contribution in [0.5, 0.6) is 23.1 Å². The van der Waals surface area contributed by atoms with Gasteiger partial charge in [0, 0.05) is 44.9 Å². The number of rotatable bonds is 13. The van der Waals surface area contributed by atoms with Crippen molar-refractivity contribution in [3.8, 4) is 23.1 Å². The van der Waals surface area contributed by atoms with Crippen molar-refractivity contribution in [1.82, 2.24) is 14.8 Å². The van der Waals surface area contributed by atoms with E-state index in [2.05, 4.69) is 40.2 Å². The number of aromatic nitrogens is 1. The van der Waals surface area contributed by atoms with Crippen LogP contribution in [0.25, 0.3) is 12.2 Å². The number of para-hydroxylation sites is 1. The molecule has 1 aromatic heterocycles. The largest absolute Gasteiger partial charge is 0.490 e. The Morgan fingerprint density at radius 1 is 0.765 bits per heavy atom. The molecule has 7 nitrogen and oxygen atoms in total. The van der Waals surface area contributed by atoms with Gasteiger partial charge in [0.1, 0.15) is 36.3 Å². The van der Waals surface area contributed by atoms with Crippen LogP contribution in [0.1, 0.15) is 33.4 Å². The molecule has 0 spiro atoms. The Morgan fingerprint density at radius 2 is 1.47 bits per heavy atom. The summed E-state index contributed by atoms with van der Waals surface area (Å²) in [6.45, 7) is 8.71. The normalized spacial score (nSPS) is 13.5. The molecule has 2 heterocycles. The molecule has 0 saturated carbocycles. The van der Waals surface area contributed by atoms with Crippen LogP contribution in [0.15, 0.2) is 121 Å². The van der Waals surface area contributed by atoms with Crippen LogP contribution in [0.3, 0.4) is 0 Å². The number of nitrogens with zero attached hydrogens (tertiary/aromatic N) is 3. The van der Waals surface area contributed by atoms with Crippen molar-refractivity contribution in [3.63, 3.8) is 0 Å². The molecular weight excluding hydrogens is 641 g/mol. The molecule has 0 bridgehead atoms. The number of piperazine rings is 1. The predicted molar refractivity (Wildman–Crippen MR) is 199 cm³/mol. The number of benzene rings is 4. The van der Waals surface area contributed by atoms with Crippen molar-refractivity contribution in [2.75, 3.05) is 32.8 Å². The van der Waals surface area contributed by atoms with E-state index in [0.29, 0.717) is 37.9 Å². The van der Waals surface area contributed by atoms with E-state index in [1.54, 1.807) is 36.5 Å². The van der Waals surface area contributed by atoms with Crippen molar-refractivity contribution in [1.29, 1.82) is 0 Å². The number of hydrogen-bond acceptors (Lipinski definition) is 6. The van der Waals surface area contributed by atoms with Crippen molar-refractivity contribution >= 4 is 18.1 Å². The van der Waals surface area contributed by atoms with Gasteiger partial charge in [0.25, 0.3) is 0 Å². The van der Waals surface area contributed by atoms with Gasteiger partial charge in [-0.05, 0) is 102 Å². The van der Waals surface area contributed by atoms with Gasteiger partial charge >= 0.3 is 0 Å². The molecule has 1 aliphatic rings. The summed E-state index contributed by atoms with van der Waals surface area (Å²) >= 11 is 0. The van der Waals surface area contributed by atoms with Gasteiger partial charge in [-0.25, -0.2) is 9.37 Å². The average Bonchev–Trinajstić information content (AvgIpc) is 3.15. The summed E-state index contributed by atoms with van der Waals surface area (Å²) < 4.78 is 30.7. The highest BCUT2D eigenvalue weighted by atomic mass is 19.1. The molecule has 1 aliphatic heterocycles. The zero-order valence-corrected chi connectivity index (χ0v) is 29.0. The van der Waals surface area contributed by atoms with E-state index in [1.165, 1.54) is 17.7 Å². The average molecular weight is 684 g/mol. The Bertz CT molecular complexity index is 1910. The Morgan fingerprint density at radius 3 is 2.16 bits per heavy atom. The van der Waals surface area contributed by atoms with Crippen molar-refractivity contribution in [2.45, 2.75) is 27.0 Å². The van der Waals surface area contributed by atoms with Gasteiger partial charge in [0.2, 0.25) is 11.8 Å². The zero-order chi connectivity index (χ0) is 35.4. The van der Waals surface area contributed by atoms with Crippen LogP contribution >= 0.6 is 0 Å². The molecule has 0 N–H and O–H groups in total. The van der Waals surface area contributed by atoms with Gasteiger partial charge in [-0.3, -0.25) is 9.69 Å². The number of hydrogen-bond donors (Lipinski definition) is 0. The molecule has 0 aliphatic carbocycles. The molecule has 1 fully saturated rings. The maximum absolute atomic E-state index is 13.1. The first-order chi connectivity index (χ1) is 24.9. The van der Waals surface area contributed by atoms with Gasteiger partial charge in [0.05, 0.1) is 6.20 Å². The first-order valence-corrected chi connectivity index (χ1v) is 17.1. The second-order valence-electron chi connectivity index (χ2n) is 12.5. The second kappa shape index (κ2) is 17.3. The van der Waals surface area contributed by atoms with Crippen LogP contribution < -0.4 is 14.2 Å². The fraction of sp³-hybridized carbons (Fsp3) is 0.209. The van der Waals surface area contributed by atoms with E-state index < -0.39 is 0 Å². The lowest BCUT2D eigenvalue weighted by molar-refractivity contribution is -0.127. The Labute approximate surface area is 299 Å². The molecule has 260 valence electrons. The fourth-order valence-electron chi connectivity index (χ4n) is 5.84. The Hall–Kier alpha value is -5.73. The first kappa shape index (κ1) is 35.1. The lowest BCUT2D eigenvalue weighted by atomic mass is 10.1. The van der Waals surface area contributed by atoms with Gasteiger partial charge in [-0.2, -0.15) is 0 Å². The van der Waals surface area contributed by atoms with E-state index in [-0.39, 0.29) is 11.7 Å². The number of pyridine rings is 1. The van der Waals surface area contributed by atoms with Crippen LogP contribution in [-0.4, -0.2) is 53.5 Å². The highest BCUT2D eigenvalue weighted by Gasteiger charge is 2.20. The van der Waals surface area contributed by atoms with E-state index in [0.717, 1.165) is 59.0 Å². The Kier molecular flexibility index (Phi) is 11.9. The number of carbonyl (C=O) groups is 1. The molecule has 1 amide bonds. The minimum Gasteiger partial charge on any atom is -0.490 e. The lowest BCUT2D eigenvalue weighted by Crippen LogP contribution is -2.47. The highest BCUT2D eigenvalue weighted by Crippen LogP contribution is 2.30. The summed E-state index contributed by atoms with van der Waals surface area (Å²) in [6, 6.07) is 32.1. The third-order valence-electron chi connectivity index (χ3n) is 8.61. The van der Waals surface area contributed by atoms with Crippen LogP contribution in [-0.2, 0) is 17.9 Å². The van der Waals surface area contributed by atoms with E-state index in [9.17, 15) is 9.18 Å². The smallest absolute Gasteiger partial charge is 0.246 e. The quantitative estimate of drug-likeness (QED) is 0.116. The summed E-state index contributed by atoms with van der Waals surface area (Å²) in [7, 11) is 0. The molecule has 6 rings (SSSR count). The minimum atomic E-state index is -0.278. The molecule has 4 aromatic carbocycles. The Balaban J connectivity index is 0.935. The topological polar surface area (TPSA) is 64.1 Å². The summed E-state index contributed by atoms with van der Waals surface area (Å²) in [6.07, 6.45) is 9.23. The third kappa shape index (κ3) is 10.4. The number of halogens is 1. The lowest BCUT2D eigenvalue weighted by Gasteiger charge is -2.34. The van der Waals surface area contributed by atoms with E-state index in [1.807, 2.05) is 73.4 Å². The molecule has 0 unspecified atom stereocenters. The summed E-state index contributed by atoms with van der Waals surface area (Å²) in [4.78, 5) is 21.7. The number of ether oxygens (including phenoxy) is 3. The third-order valence-corrected chi connectivity index (χ3v) is 8.61. The SMILES string of the molecule is Cc1cc(/C=C/C(=O)N2CCN(Cc3ccc(/C=C/COc4ccccc4)cc3)CC2)cc(C)c1Oc1ccc(OCc2ccc(F)cc2)cn1. The summed E-state index contributed by atoms with van der Waals surface area (Å²) in [5.41, 5.74) is 6.07. The van der Waals surface area contributed by atoms with Gasteiger partial charge < -0.3 is 19.1 Å². The number of carbonyl (C=O) groups excluding carboxylic acids is 1. The monoisotopic (exact) mass is 683 g/mol. The van der Waals surface area contributed by atoms with Crippen LogP contribution in [0.4, 0.5) is 4.39 Å². The molecule has 51 heavy (non-hydrogen) atoms. The molecule has 8 heteroatoms. The van der Waals surface area contributed by atoms with Crippen molar-refractivity contribution < 1.29 is 23.4 Å². The second-order valence-corrected chi connectivity index (χ2v) is 12.5. The van der Waals surface area contributed by atoms with E-state index in [4.69, 9.17) is 14.2 Å². The molecular formula is C43H42FN3O4. The van der Waals surface area contributed by atoms with Crippen molar-refractivity contribution in [2.24, 2.45) is 0 Å². The van der Waals surface area contributed by atoms with Gasteiger partial charge in [0.15, 0.2) is 0 Å². The van der Waals surface area contributed by atoms with Crippen LogP contribution in [0, 0.1) is 19.7 Å². The molecule has 5 aromatic rings. The van der Waals surface area contributed by atoms with Crippen LogP contribution in [0.2, 0.25) is 0 Å². The van der Waals surface area contributed by atoms with Gasteiger partial charge in [-0.15, -0.1) is 0 Å². The zero-order valence-electron chi connectivity index (χ0n) is 29.0.